The highest BCUT2D eigenvalue weighted by Gasteiger charge is 2.19. The van der Waals surface area contributed by atoms with Crippen molar-refractivity contribution in [3.05, 3.63) is 0 Å². The fraction of sp³-hybridized carbons (Fsp3) is 0.909. The quantitative estimate of drug-likeness (QED) is 0.507. The lowest BCUT2D eigenvalue weighted by molar-refractivity contribution is -0.144. The predicted octanol–water partition coefficient (Wildman–Crippen LogP) is 0.954. The van der Waals surface area contributed by atoms with Crippen LogP contribution < -0.4 is 5.32 Å². The van der Waals surface area contributed by atoms with Crippen LogP contribution in [0.25, 0.3) is 0 Å². The smallest absolute Gasteiger partial charge is 0.325 e. The molecule has 15 heavy (non-hydrogen) atoms. The van der Waals surface area contributed by atoms with Gasteiger partial charge in [0.05, 0.1) is 13.7 Å². The second-order valence-electron chi connectivity index (χ2n) is 4.02. The van der Waals surface area contributed by atoms with Crippen molar-refractivity contribution in [2.45, 2.75) is 31.7 Å². The Bertz CT molecular complexity index is 192. The van der Waals surface area contributed by atoms with Crippen molar-refractivity contribution < 1.29 is 14.3 Å². The van der Waals surface area contributed by atoms with Gasteiger partial charge in [0.25, 0.3) is 0 Å². The summed E-state index contributed by atoms with van der Waals surface area (Å²) >= 11 is 0. The summed E-state index contributed by atoms with van der Waals surface area (Å²) in [5, 5.41) is 2.87. The summed E-state index contributed by atoms with van der Waals surface area (Å²) in [6.07, 6.45) is 5.18. The molecule has 0 saturated heterocycles. The van der Waals surface area contributed by atoms with Crippen LogP contribution in [0.3, 0.4) is 0 Å². The zero-order valence-electron chi connectivity index (χ0n) is 9.62. The molecule has 0 aromatic heterocycles. The number of hydrogen-bond donors (Lipinski definition) is 1. The molecule has 1 atom stereocenters. The molecule has 1 unspecified atom stereocenters. The maximum Gasteiger partial charge on any atom is 0.325 e. The highest BCUT2D eigenvalue weighted by atomic mass is 16.5. The van der Waals surface area contributed by atoms with Gasteiger partial charge in [-0.25, -0.2) is 0 Å². The molecular weight excluding hydrogens is 194 g/mol. The van der Waals surface area contributed by atoms with Gasteiger partial charge in [0.1, 0.15) is 6.04 Å². The molecule has 0 amide bonds. The lowest BCUT2D eigenvalue weighted by atomic mass is 9.83. The van der Waals surface area contributed by atoms with E-state index in [1.807, 2.05) is 0 Å². The van der Waals surface area contributed by atoms with Crippen LogP contribution in [0.1, 0.15) is 25.7 Å². The van der Waals surface area contributed by atoms with Gasteiger partial charge in [0.2, 0.25) is 0 Å². The number of methoxy groups -OCH3 is 1. The summed E-state index contributed by atoms with van der Waals surface area (Å²) in [4.78, 5) is 11.2. The monoisotopic (exact) mass is 215 g/mol. The fourth-order valence-corrected chi connectivity index (χ4v) is 1.64. The molecule has 1 saturated carbocycles. The molecule has 0 radical (unpaired) electrons. The maximum absolute atomic E-state index is 11.2. The van der Waals surface area contributed by atoms with Crippen LogP contribution in [-0.2, 0) is 14.3 Å². The van der Waals surface area contributed by atoms with E-state index in [1.54, 1.807) is 7.05 Å². The molecule has 0 aromatic rings. The SMILES string of the molecule is CNC(COCCC1CCC1)C(=O)OC. The van der Waals surface area contributed by atoms with E-state index in [0.717, 1.165) is 18.9 Å². The van der Waals surface area contributed by atoms with Gasteiger partial charge in [-0.2, -0.15) is 0 Å². The van der Waals surface area contributed by atoms with E-state index in [0.29, 0.717) is 6.61 Å². The summed E-state index contributed by atoms with van der Waals surface area (Å²) < 4.78 is 10.1. The molecule has 88 valence electrons. The minimum absolute atomic E-state index is 0.263. The second-order valence-corrected chi connectivity index (χ2v) is 4.02. The van der Waals surface area contributed by atoms with Gasteiger partial charge in [-0.1, -0.05) is 19.3 Å². The Labute approximate surface area is 91.3 Å². The van der Waals surface area contributed by atoms with Crippen LogP contribution in [0.2, 0.25) is 0 Å². The van der Waals surface area contributed by atoms with Crippen molar-refractivity contribution in [3.63, 3.8) is 0 Å². The molecule has 1 aliphatic carbocycles. The highest BCUT2D eigenvalue weighted by molar-refractivity contribution is 5.75. The molecule has 0 aliphatic heterocycles. The van der Waals surface area contributed by atoms with Crippen molar-refractivity contribution in [1.82, 2.24) is 5.32 Å². The first kappa shape index (κ1) is 12.5. The average Bonchev–Trinajstić information content (AvgIpc) is 2.20. The zero-order valence-corrected chi connectivity index (χ0v) is 9.62. The topological polar surface area (TPSA) is 47.6 Å². The van der Waals surface area contributed by atoms with Crippen LogP contribution in [0.5, 0.6) is 0 Å². The van der Waals surface area contributed by atoms with Crippen LogP contribution in [0.15, 0.2) is 0 Å². The largest absolute Gasteiger partial charge is 0.468 e. The summed E-state index contributed by atoms with van der Waals surface area (Å²) in [5.74, 6) is 0.595. The Balaban J connectivity index is 2.03. The molecular formula is C11H21NO3. The fourth-order valence-electron chi connectivity index (χ4n) is 1.64. The summed E-state index contributed by atoms with van der Waals surface area (Å²) in [7, 11) is 3.12. The van der Waals surface area contributed by atoms with Crippen LogP contribution in [0.4, 0.5) is 0 Å². The number of carbonyl (C=O) groups is 1. The van der Waals surface area contributed by atoms with Gasteiger partial charge in [-0.05, 0) is 19.4 Å². The first-order chi connectivity index (χ1) is 7.27. The maximum atomic E-state index is 11.2. The molecule has 4 heteroatoms. The number of nitrogens with one attached hydrogen (secondary N) is 1. The number of esters is 1. The van der Waals surface area contributed by atoms with E-state index in [1.165, 1.54) is 26.4 Å². The minimum Gasteiger partial charge on any atom is -0.468 e. The van der Waals surface area contributed by atoms with Crippen LogP contribution in [0, 0.1) is 5.92 Å². The van der Waals surface area contributed by atoms with Gasteiger partial charge >= 0.3 is 5.97 Å². The Hall–Kier alpha value is -0.610. The van der Waals surface area contributed by atoms with E-state index in [4.69, 9.17) is 4.74 Å². The molecule has 4 nitrogen and oxygen atoms in total. The Morgan fingerprint density at radius 3 is 2.73 bits per heavy atom. The summed E-state index contributed by atoms with van der Waals surface area (Å²) in [6, 6.07) is -0.337. The molecule has 1 rings (SSSR count). The number of carbonyl (C=O) groups excluding carboxylic acids is 1. The van der Waals surface area contributed by atoms with E-state index in [-0.39, 0.29) is 12.0 Å². The van der Waals surface area contributed by atoms with Crippen molar-refractivity contribution in [1.29, 1.82) is 0 Å². The van der Waals surface area contributed by atoms with E-state index in [9.17, 15) is 4.79 Å². The first-order valence-electron chi connectivity index (χ1n) is 5.60. The third-order valence-corrected chi connectivity index (χ3v) is 3.01. The molecule has 1 N–H and O–H groups in total. The molecule has 0 bridgehead atoms. The van der Waals surface area contributed by atoms with Gasteiger partial charge in [0, 0.05) is 6.61 Å². The summed E-state index contributed by atoms with van der Waals surface area (Å²) in [5.41, 5.74) is 0. The number of rotatable bonds is 7. The van der Waals surface area contributed by atoms with Crippen molar-refractivity contribution in [2.24, 2.45) is 5.92 Å². The Morgan fingerprint density at radius 2 is 2.27 bits per heavy atom. The van der Waals surface area contributed by atoms with Gasteiger partial charge in [-0.3, -0.25) is 4.79 Å². The van der Waals surface area contributed by atoms with Crippen molar-refractivity contribution in [3.8, 4) is 0 Å². The Morgan fingerprint density at radius 1 is 1.53 bits per heavy atom. The van der Waals surface area contributed by atoms with Crippen molar-refractivity contribution in [2.75, 3.05) is 27.4 Å². The molecule has 1 fully saturated rings. The van der Waals surface area contributed by atoms with Crippen LogP contribution in [-0.4, -0.2) is 39.4 Å². The minimum atomic E-state index is -0.337. The van der Waals surface area contributed by atoms with E-state index < -0.39 is 0 Å². The number of ether oxygens (including phenoxy) is 2. The van der Waals surface area contributed by atoms with Crippen LogP contribution >= 0.6 is 0 Å². The standard InChI is InChI=1S/C11H21NO3/c1-12-10(11(13)14-2)8-15-7-6-9-4-3-5-9/h9-10,12H,3-8H2,1-2H3. The van der Waals surface area contributed by atoms with E-state index >= 15 is 0 Å². The molecule has 0 heterocycles. The molecule has 1 aliphatic rings. The normalized spacial score (nSPS) is 18.3. The third kappa shape index (κ3) is 4.18. The number of hydrogen-bond acceptors (Lipinski definition) is 4. The second kappa shape index (κ2) is 6.80. The third-order valence-electron chi connectivity index (χ3n) is 3.01. The zero-order chi connectivity index (χ0) is 11.1. The lowest BCUT2D eigenvalue weighted by Crippen LogP contribution is -2.39. The lowest BCUT2D eigenvalue weighted by Gasteiger charge is -2.25. The molecule has 0 aromatic carbocycles. The first-order valence-corrected chi connectivity index (χ1v) is 5.60. The Kier molecular flexibility index (Phi) is 5.65. The van der Waals surface area contributed by atoms with E-state index in [2.05, 4.69) is 10.1 Å². The van der Waals surface area contributed by atoms with Gasteiger partial charge in [-0.15, -0.1) is 0 Å². The van der Waals surface area contributed by atoms with Crippen molar-refractivity contribution >= 4 is 5.97 Å². The van der Waals surface area contributed by atoms with Gasteiger partial charge < -0.3 is 14.8 Å². The number of likely N-dealkylation sites (N-methyl/N-ethyl adjacent to an activating group) is 1. The highest BCUT2D eigenvalue weighted by Crippen LogP contribution is 2.29. The summed E-state index contributed by atoms with van der Waals surface area (Å²) in [6.45, 7) is 1.15. The predicted molar refractivity (Wildman–Crippen MR) is 57.6 cm³/mol. The average molecular weight is 215 g/mol. The molecule has 0 spiro atoms. The van der Waals surface area contributed by atoms with Gasteiger partial charge in [0.15, 0.2) is 0 Å².